The number of halogens is 5. The molecule has 0 saturated heterocycles. The fourth-order valence-corrected chi connectivity index (χ4v) is 3.23. The zero-order chi connectivity index (χ0) is 15.6. The second-order valence-corrected chi connectivity index (χ2v) is 6.33. The largest absolute Gasteiger partial charge is 0.392 e. The zero-order valence-electron chi connectivity index (χ0n) is 11.2. The first-order valence-electron chi connectivity index (χ1n) is 6.82. The minimum atomic E-state index is -4.36. The topological polar surface area (TPSA) is 17.1 Å². The Labute approximate surface area is 128 Å². The van der Waals surface area contributed by atoms with E-state index in [0.717, 1.165) is 0 Å². The highest BCUT2D eigenvalue weighted by Crippen LogP contribution is 2.42. The third-order valence-corrected chi connectivity index (χ3v) is 4.47. The highest BCUT2D eigenvalue weighted by Gasteiger charge is 2.47. The molecule has 0 heterocycles. The van der Waals surface area contributed by atoms with Crippen LogP contribution in [0.1, 0.15) is 31.2 Å². The van der Waals surface area contributed by atoms with Gasteiger partial charge in [0.25, 0.3) is 0 Å². The molecule has 1 saturated carbocycles. The highest BCUT2D eigenvalue weighted by molar-refractivity contribution is 9.10. The first kappa shape index (κ1) is 16.5. The molecule has 0 amide bonds. The van der Waals surface area contributed by atoms with Gasteiger partial charge in [0.15, 0.2) is 0 Å². The van der Waals surface area contributed by atoms with Gasteiger partial charge in [-0.25, -0.2) is 4.39 Å². The van der Waals surface area contributed by atoms with Gasteiger partial charge < -0.3 is 0 Å². The van der Waals surface area contributed by atoms with Gasteiger partial charge in [-0.15, -0.1) is 0 Å². The molecule has 0 radical (unpaired) electrons. The summed E-state index contributed by atoms with van der Waals surface area (Å²) in [5, 5.41) is 0. The van der Waals surface area contributed by atoms with Gasteiger partial charge in [-0.05, 0) is 30.5 Å². The van der Waals surface area contributed by atoms with Crippen molar-refractivity contribution in [3.8, 4) is 0 Å². The van der Waals surface area contributed by atoms with Gasteiger partial charge in [0, 0.05) is 16.8 Å². The molecule has 0 spiro atoms. The zero-order valence-corrected chi connectivity index (χ0v) is 12.8. The summed E-state index contributed by atoms with van der Waals surface area (Å²) in [7, 11) is 0. The van der Waals surface area contributed by atoms with Crippen molar-refractivity contribution in [2.24, 2.45) is 11.8 Å². The lowest BCUT2D eigenvalue weighted by atomic mass is 9.75. The summed E-state index contributed by atoms with van der Waals surface area (Å²) in [6, 6.07) is 4.22. The molecule has 1 aromatic carbocycles. The van der Waals surface area contributed by atoms with Crippen LogP contribution in [0.25, 0.3) is 0 Å². The van der Waals surface area contributed by atoms with E-state index >= 15 is 0 Å². The number of alkyl halides is 3. The second kappa shape index (κ2) is 6.46. The molecule has 0 bridgehead atoms. The molecule has 1 aliphatic carbocycles. The summed E-state index contributed by atoms with van der Waals surface area (Å²) in [5.41, 5.74) is 0.148. The maximum absolute atomic E-state index is 13.7. The molecule has 21 heavy (non-hydrogen) atoms. The van der Waals surface area contributed by atoms with E-state index in [1.54, 1.807) is 6.07 Å². The van der Waals surface area contributed by atoms with Gasteiger partial charge in [0.2, 0.25) is 0 Å². The van der Waals surface area contributed by atoms with Crippen molar-refractivity contribution >= 4 is 21.7 Å². The first-order chi connectivity index (χ1) is 9.79. The average Bonchev–Trinajstić information content (AvgIpc) is 2.41. The van der Waals surface area contributed by atoms with E-state index in [1.165, 1.54) is 12.1 Å². The van der Waals surface area contributed by atoms with Crippen LogP contribution in [0.2, 0.25) is 0 Å². The van der Waals surface area contributed by atoms with Crippen LogP contribution in [0.5, 0.6) is 0 Å². The number of hydrogen-bond acceptors (Lipinski definition) is 1. The summed E-state index contributed by atoms with van der Waals surface area (Å²) in [4.78, 5) is 12.2. The van der Waals surface area contributed by atoms with Gasteiger partial charge in [-0.2, -0.15) is 13.2 Å². The fourth-order valence-electron chi connectivity index (χ4n) is 2.89. The Bertz CT molecular complexity index is 527. The van der Waals surface area contributed by atoms with Gasteiger partial charge in [-0.3, -0.25) is 4.79 Å². The number of rotatable bonds is 3. The van der Waals surface area contributed by atoms with Crippen LogP contribution in [0.15, 0.2) is 22.7 Å². The summed E-state index contributed by atoms with van der Waals surface area (Å²) in [6.07, 6.45) is -3.31. The summed E-state index contributed by atoms with van der Waals surface area (Å²) in [5.74, 6) is -3.71. The van der Waals surface area contributed by atoms with E-state index < -0.39 is 29.6 Å². The lowest BCUT2D eigenvalue weighted by molar-refractivity contribution is -0.197. The summed E-state index contributed by atoms with van der Waals surface area (Å²) >= 11 is 3.10. The fraction of sp³-hybridized carbons (Fsp3) is 0.533. The van der Waals surface area contributed by atoms with E-state index in [9.17, 15) is 22.4 Å². The molecular formula is C15H15BrF4O. The lowest BCUT2D eigenvalue weighted by Crippen LogP contribution is -2.38. The van der Waals surface area contributed by atoms with Crippen LogP contribution < -0.4 is 0 Å². The van der Waals surface area contributed by atoms with Crippen molar-refractivity contribution in [1.82, 2.24) is 0 Å². The maximum atomic E-state index is 13.7. The molecule has 0 aliphatic heterocycles. The van der Waals surface area contributed by atoms with Crippen LogP contribution in [0.3, 0.4) is 0 Å². The monoisotopic (exact) mass is 366 g/mol. The predicted molar refractivity (Wildman–Crippen MR) is 74.3 cm³/mol. The number of benzene rings is 1. The summed E-state index contributed by atoms with van der Waals surface area (Å²) in [6.45, 7) is 0. The minimum Gasteiger partial charge on any atom is -0.299 e. The molecule has 6 heteroatoms. The van der Waals surface area contributed by atoms with Crippen LogP contribution in [0, 0.1) is 17.7 Å². The number of ketones is 1. The Morgan fingerprint density at radius 3 is 2.52 bits per heavy atom. The molecule has 2 unspecified atom stereocenters. The predicted octanol–water partition coefficient (Wildman–Crippen LogP) is 5.07. The highest BCUT2D eigenvalue weighted by atomic mass is 79.9. The average molecular weight is 367 g/mol. The number of hydrogen-bond donors (Lipinski definition) is 0. The van der Waals surface area contributed by atoms with Crippen molar-refractivity contribution in [2.75, 3.05) is 0 Å². The van der Waals surface area contributed by atoms with Gasteiger partial charge in [0.05, 0.1) is 5.92 Å². The van der Waals surface area contributed by atoms with Crippen LogP contribution in [0.4, 0.5) is 17.6 Å². The molecule has 116 valence electrons. The van der Waals surface area contributed by atoms with Crippen molar-refractivity contribution in [3.05, 3.63) is 34.1 Å². The third kappa shape index (κ3) is 4.05. The van der Waals surface area contributed by atoms with E-state index in [0.29, 0.717) is 17.3 Å². The van der Waals surface area contributed by atoms with E-state index in [4.69, 9.17) is 0 Å². The Balaban J connectivity index is 2.14. The summed E-state index contributed by atoms with van der Waals surface area (Å²) < 4.78 is 53.2. The van der Waals surface area contributed by atoms with Gasteiger partial charge in [-0.1, -0.05) is 34.8 Å². The van der Waals surface area contributed by atoms with Crippen molar-refractivity contribution < 1.29 is 22.4 Å². The molecule has 1 aromatic rings. The molecule has 0 aromatic heterocycles. The Kier molecular flexibility index (Phi) is 5.07. The molecule has 1 fully saturated rings. The van der Waals surface area contributed by atoms with Crippen LogP contribution >= 0.6 is 15.9 Å². The van der Waals surface area contributed by atoms with Crippen LogP contribution in [-0.4, -0.2) is 12.0 Å². The Morgan fingerprint density at radius 1 is 1.24 bits per heavy atom. The number of Topliss-reactive ketones (excluding diaryl/α,β-unsaturated/α-hetero) is 1. The minimum absolute atomic E-state index is 0.0112. The van der Waals surface area contributed by atoms with Crippen molar-refractivity contribution in [3.63, 3.8) is 0 Å². The molecular weight excluding hydrogens is 352 g/mol. The van der Waals surface area contributed by atoms with E-state index in [2.05, 4.69) is 15.9 Å². The molecule has 1 aliphatic rings. The third-order valence-electron chi connectivity index (χ3n) is 3.98. The first-order valence-corrected chi connectivity index (χ1v) is 7.61. The maximum Gasteiger partial charge on any atom is 0.392 e. The molecule has 1 nitrogen and oxygen atoms in total. The standard InChI is InChI=1S/C15H15BrF4O/c16-10-6-5-9(13(17)8-10)7-14(21)11-3-1-2-4-12(11)15(18,19)20/h5-6,8,11-12H,1-4,7H2. The lowest BCUT2D eigenvalue weighted by Gasteiger charge is -2.32. The number of carbonyl (C=O) groups is 1. The Morgan fingerprint density at radius 2 is 1.90 bits per heavy atom. The van der Waals surface area contributed by atoms with Crippen molar-refractivity contribution in [1.29, 1.82) is 0 Å². The number of carbonyl (C=O) groups excluding carboxylic acids is 1. The van der Waals surface area contributed by atoms with E-state index in [1.807, 2.05) is 0 Å². The van der Waals surface area contributed by atoms with Crippen LogP contribution in [-0.2, 0) is 11.2 Å². The quantitative estimate of drug-likeness (QED) is 0.682. The molecule has 2 atom stereocenters. The van der Waals surface area contributed by atoms with Gasteiger partial charge in [0.1, 0.15) is 11.6 Å². The van der Waals surface area contributed by atoms with E-state index in [-0.39, 0.29) is 24.8 Å². The Hall–Kier alpha value is -0.910. The molecule has 0 N–H and O–H groups in total. The normalized spacial score (nSPS) is 23.1. The van der Waals surface area contributed by atoms with Gasteiger partial charge >= 0.3 is 6.18 Å². The smallest absolute Gasteiger partial charge is 0.299 e. The SMILES string of the molecule is O=C(Cc1ccc(Br)cc1F)C1CCCCC1C(F)(F)F. The molecule has 2 rings (SSSR count). The van der Waals surface area contributed by atoms with Crippen molar-refractivity contribution in [2.45, 2.75) is 38.3 Å². The second-order valence-electron chi connectivity index (χ2n) is 5.42.